The van der Waals surface area contributed by atoms with Crippen LogP contribution in [0.4, 0.5) is 5.69 Å². The number of hydrogen-bond acceptors (Lipinski definition) is 6. The number of benzene rings is 1. The van der Waals surface area contributed by atoms with E-state index >= 15 is 0 Å². The standard InChI is InChI=1S/C16H20ClN5O3S/c1-16(2-3-16)21-26(24,25)10-8-11-13(19-15(17)20-14(11)23)12(9-10)22-6-4-18-5-7-22/h8-9,18,21H,2-7H2,1H3,(H,19,20,23). The van der Waals surface area contributed by atoms with Crippen molar-refractivity contribution < 1.29 is 8.42 Å². The number of sulfonamides is 1. The quantitative estimate of drug-likeness (QED) is 0.659. The molecule has 26 heavy (non-hydrogen) atoms. The van der Waals surface area contributed by atoms with Crippen LogP contribution in [-0.2, 0) is 10.0 Å². The van der Waals surface area contributed by atoms with Gasteiger partial charge in [0.2, 0.25) is 15.3 Å². The number of anilines is 1. The van der Waals surface area contributed by atoms with E-state index in [4.69, 9.17) is 11.6 Å². The summed E-state index contributed by atoms with van der Waals surface area (Å²) in [5, 5.41) is 3.45. The second-order valence-corrected chi connectivity index (χ2v) is 9.14. The zero-order valence-electron chi connectivity index (χ0n) is 14.3. The van der Waals surface area contributed by atoms with Crippen LogP contribution >= 0.6 is 11.6 Å². The Balaban J connectivity index is 1.90. The molecule has 1 aromatic heterocycles. The van der Waals surface area contributed by atoms with E-state index in [1.807, 2.05) is 11.8 Å². The van der Waals surface area contributed by atoms with Crippen LogP contribution in [0.1, 0.15) is 19.8 Å². The van der Waals surface area contributed by atoms with Gasteiger partial charge in [0.25, 0.3) is 5.56 Å². The van der Waals surface area contributed by atoms with Gasteiger partial charge in [-0.05, 0) is 43.5 Å². The summed E-state index contributed by atoms with van der Waals surface area (Å²) in [6, 6.07) is 2.96. The first-order chi connectivity index (χ1) is 12.3. The van der Waals surface area contributed by atoms with Crippen molar-refractivity contribution in [2.45, 2.75) is 30.2 Å². The minimum absolute atomic E-state index is 0.0156. The maximum Gasteiger partial charge on any atom is 0.259 e. The van der Waals surface area contributed by atoms with Gasteiger partial charge in [-0.15, -0.1) is 0 Å². The van der Waals surface area contributed by atoms with Crippen molar-refractivity contribution in [2.24, 2.45) is 0 Å². The molecule has 2 aliphatic rings. The lowest BCUT2D eigenvalue weighted by Gasteiger charge is -2.30. The maximum absolute atomic E-state index is 12.8. The summed E-state index contributed by atoms with van der Waals surface area (Å²) in [4.78, 5) is 21.2. The Morgan fingerprint density at radius 1 is 1.27 bits per heavy atom. The fraction of sp³-hybridized carbons (Fsp3) is 0.500. The molecule has 4 rings (SSSR count). The molecule has 2 fully saturated rings. The second kappa shape index (κ2) is 6.19. The first-order valence-corrected chi connectivity index (χ1v) is 10.4. The monoisotopic (exact) mass is 397 g/mol. The molecule has 0 radical (unpaired) electrons. The van der Waals surface area contributed by atoms with E-state index in [0.29, 0.717) is 24.3 Å². The van der Waals surface area contributed by atoms with Crippen LogP contribution in [0.25, 0.3) is 10.9 Å². The minimum Gasteiger partial charge on any atom is -0.367 e. The highest BCUT2D eigenvalue weighted by Gasteiger charge is 2.41. The Kier molecular flexibility index (Phi) is 4.22. The lowest BCUT2D eigenvalue weighted by molar-refractivity contribution is 0.558. The predicted molar refractivity (Wildman–Crippen MR) is 100 cm³/mol. The van der Waals surface area contributed by atoms with Crippen molar-refractivity contribution >= 4 is 38.2 Å². The van der Waals surface area contributed by atoms with E-state index in [1.54, 1.807) is 6.07 Å². The van der Waals surface area contributed by atoms with Crippen molar-refractivity contribution in [1.29, 1.82) is 0 Å². The molecule has 10 heteroatoms. The maximum atomic E-state index is 12.8. The minimum atomic E-state index is -3.74. The van der Waals surface area contributed by atoms with Crippen LogP contribution in [0.3, 0.4) is 0 Å². The predicted octanol–water partition coefficient (Wildman–Crippen LogP) is 0.817. The van der Waals surface area contributed by atoms with Gasteiger partial charge in [0, 0.05) is 31.7 Å². The average Bonchev–Trinajstić information content (AvgIpc) is 3.30. The van der Waals surface area contributed by atoms with Gasteiger partial charge in [0.1, 0.15) is 5.52 Å². The van der Waals surface area contributed by atoms with Gasteiger partial charge in [0.15, 0.2) is 0 Å². The summed E-state index contributed by atoms with van der Waals surface area (Å²) in [6.45, 7) is 4.79. The molecule has 0 amide bonds. The van der Waals surface area contributed by atoms with Crippen molar-refractivity contribution in [3.8, 4) is 0 Å². The Morgan fingerprint density at radius 2 is 1.96 bits per heavy atom. The largest absolute Gasteiger partial charge is 0.367 e. The number of rotatable bonds is 4. The van der Waals surface area contributed by atoms with Gasteiger partial charge in [-0.25, -0.2) is 18.1 Å². The molecule has 3 N–H and O–H groups in total. The van der Waals surface area contributed by atoms with E-state index in [0.717, 1.165) is 25.9 Å². The topological polar surface area (TPSA) is 107 Å². The van der Waals surface area contributed by atoms with Crippen LogP contribution in [0, 0.1) is 0 Å². The summed E-state index contributed by atoms with van der Waals surface area (Å²) in [5.74, 6) is 0. The number of halogens is 1. The van der Waals surface area contributed by atoms with Gasteiger partial charge >= 0.3 is 0 Å². The Bertz CT molecular complexity index is 1030. The molecule has 1 saturated carbocycles. The highest BCUT2D eigenvalue weighted by atomic mass is 35.5. The van der Waals surface area contributed by atoms with Gasteiger partial charge < -0.3 is 10.2 Å². The summed E-state index contributed by atoms with van der Waals surface area (Å²) in [5.41, 5.74) is 0.176. The van der Waals surface area contributed by atoms with E-state index in [9.17, 15) is 13.2 Å². The second-order valence-electron chi connectivity index (χ2n) is 7.10. The summed E-state index contributed by atoms with van der Waals surface area (Å²) in [6.07, 6.45) is 1.62. The number of fused-ring (bicyclic) bond motifs is 1. The molecule has 1 aliphatic heterocycles. The highest BCUT2D eigenvalue weighted by Crippen LogP contribution is 2.37. The number of nitrogens with one attached hydrogen (secondary N) is 3. The smallest absolute Gasteiger partial charge is 0.259 e. The molecule has 8 nitrogen and oxygen atoms in total. The first kappa shape index (κ1) is 17.7. The van der Waals surface area contributed by atoms with Crippen molar-refractivity contribution in [2.75, 3.05) is 31.1 Å². The van der Waals surface area contributed by atoms with Gasteiger partial charge in [-0.3, -0.25) is 9.78 Å². The summed E-state index contributed by atoms with van der Waals surface area (Å²) < 4.78 is 28.4. The van der Waals surface area contributed by atoms with Crippen molar-refractivity contribution in [1.82, 2.24) is 20.0 Å². The molecule has 0 atom stereocenters. The lowest BCUT2D eigenvalue weighted by Crippen LogP contribution is -2.44. The van der Waals surface area contributed by atoms with Gasteiger partial charge in [-0.2, -0.15) is 0 Å². The summed E-state index contributed by atoms with van der Waals surface area (Å²) in [7, 11) is -3.74. The number of nitrogens with zero attached hydrogens (tertiary/aromatic N) is 2. The zero-order valence-corrected chi connectivity index (χ0v) is 15.9. The Morgan fingerprint density at radius 3 is 2.62 bits per heavy atom. The molecular formula is C16H20ClN5O3S. The zero-order chi connectivity index (χ0) is 18.5. The number of H-pyrrole nitrogens is 1. The van der Waals surface area contributed by atoms with Crippen LogP contribution in [0.2, 0.25) is 5.28 Å². The molecule has 0 bridgehead atoms. The molecule has 0 unspecified atom stereocenters. The van der Waals surface area contributed by atoms with Crippen molar-refractivity contribution in [3.63, 3.8) is 0 Å². The average molecular weight is 398 g/mol. The third-order valence-electron chi connectivity index (χ3n) is 4.88. The fourth-order valence-electron chi connectivity index (χ4n) is 3.15. The molecule has 1 aromatic carbocycles. The first-order valence-electron chi connectivity index (χ1n) is 8.51. The number of piperazine rings is 1. The molecule has 2 heterocycles. The van der Waals surface area contributed by atoms with Crippen LogP contribution in [0.5, 0.6) is 0 Å². The Hall–Kier alpha value is -1.68. The molecule has 140 valence electrons. The van der Waals surface area contributed by atoms with Gasteiger partial charge in [0.05, 0.1) is 16.0 Å². The van der Waals surface area contributed by atoms with Gasteiger partial charge in [-0.1, -0.05) is 0 Å². The molecule has 1 saturated heterocycles. The van der Waals surface area contributed by atoms with Crippen LogP contribution < -0.4 is 20.5 Å². The van der Waals surface area contributed by atoms with Crippen LogP contribution in [0.15, 0.2) is 21.8 Å². The van der Waals surface area contributed by atoms with E-state index in [1.165, 1.54) is 6.07 Å². The lowest BCUT2D eigenvalue weighted by atomic mass is 10.2. The molecule has 0 spiro atoms. The number of aromatic nitrogens is 2. The van der Waals surface area contributed by atoms with E-state index in [2.05, 4.69) is 20.0 Å². The highest BCUT2D eigenvalue weighted by molar-refractivity contribution is 7.89. The Labute approximate surface area is 156 Å². The fourth-order valence-corrected chi connectivity index (χ4v) is 4.83. The molecular weight excluding hydrogens is 378 g/mol. The van der Waals surface area contributed by atoms with Crippen LogP contribution in [-0.4, -0.2) is 50.1 Å². The van der Waals surface area contributed by atoms with Crippen molar-refractivity contribution in [3.05, 3.63) is 27.8 Å². The number of aromatic amines is 1. The molecule has 2 aromatic rings. The summed E-state index contributed by atoms with van der Waals surface area (Å²) >= 11 is 5.93. The third-order valence-corrected chi connectivity index (χ3v) is 6.68. The van der Waals surface area contributed by atoms with E-state index in [-0.39, 0.29) is 15.6 Å². The third kappa shape index (κ3) is 3.32. The normalized spacial score (nSPS) is 19.7. The van der Waals surface area contributed by atoms with E-state index < -0.39 is 21.1 Å². The molecule has 1 aliphatic carbocycles. The number of hydrogen-bond donors (Lipinski definition) is 3. The SMILES string of the molecule is CC1(NS(=O)(=O)c2cc(N3CCNCC3)c3nc(Cl)[nH]c(=O)c3c2)CC1.